The van der Waals surface area contributed by atoms with Crippen LogP contribution in [0, 0.1) is 0 Å². The molecule has 5 nitrogen and oxygen atoms in total. The maximum atomic E-state index is 11.6. The molecule has 0 amide bonds. The Balaban J connectivity index is 2.42. The van der Waals surface area contributed by atoms with Gasteiger partial charge in [-0.25, -0.2) is 0 Å². The third kappa shape index (κ3) is 17.0. The molecule has 0 saturated carbocycles. The molecule has 2 unspecified atom stereocenters. The minimum Gasteiger partial charge on any atom is -0.491 e. The van der Waals surface area contributed by atoms with E-state index in [4.69, 9.17) is 9.47 Å². The Morgan fingerprint density at radius 2 is 1.44 bits per heavy atom. The molecule has 0 aromatic heterocycles. The molecular formula is C31H55NO4. The SMILES string of the molecule is CCCCCCCCCCCCCC(CCOC(=O)CC)c1ccc(OCC(O)CNC(C)C)cc1. The lowest BCUT2D eigenvalue weighted by atomic mass is 9.90. The molecule has 2 N–H and O–H groups in total. The zero-order valence-corrected chi connectivity index (χ0v) is 23.7. The zero-order chi connectivity index (χ0) is 26.4. The molecule has 2 atom stereocenters. The Morgan fingerprint density at radius 3 is 2.00 bits per heavy atom. The fourth-order valence-electron chi connectivity index (χ4n) is 4.41. The van der Waals surface area contributed by atoms with E-state index in [1.54, 1.807) is 0 Å². The highest BCUT2D eigenvalue weighted by Crippen LogP contribution is 2.28. The molecule has 208 valence electrons. The highest BCUT2D eigenvalue weighted by molar-refractivity contribution is 5.68. The first-order valence-corrected chi connectivity index (χ1v) is 14.8. The average Bonchev–Trinajstić information content (AvgIpc) is 2.88. The summed E-state index contributed by atoms with van der Waals surface area (Å²) in [5.41, 5.74) is 1.27. The Bertz CT molecular complexity index is 646. The molecule has 0 radical (unpaired) electrons. The summed E-state index contributed by atoms with van der Waals surface area (Å²) in [6.07, 6.45) is 16.6. The predicted molar refractivity (Wildman–Crippen MR) is 151 cm³/mol. The molecule has 5 heteroatoms. The van der Waals surface area contributed by atoms with Crippen LogP contribution in [0.25, 0.3) is 0 Å². The second-order valence-electron chi connectivity index (χ2n) is 10.5. The van der Waals surface area contributed by atoms with E-state index < -0.39 is 6.10 Å². The van der Waals surface area contributed by atoms with Gasteiger partial charge in [-0.2, -0.15) is 0 Å². The summed E-state index contributed by atoms with van der Waals surface area (Å²) in [5, 5.41) is 13.3. The summed E-state index contributed by atoms with van der Waals surface area (Å²) in [7, 11) is 0. The maximum absolute atomic E-state index is 11.6. The summed E-state index contributed by atoms with van der Waals surface area (Å²) in [6.45, 7) is 9.49. The number of esters is 1. The Kier molecular flexibility index (Phi) is 19.4. The van der Waals surface area contributed by atoms with E-state index in [2.05, 4.69) is 38.2 Å². The van der Waals surface area contributed by atoms with Crippen LogP contribution in [0.2, 0.25) is 0 Å². The number of ether oxygens (including phenoxy) is 2. The lowest BCUT2D eigenvalue weighted by Gasteiger charge is -2.19. The van der Waals surface area contributed by atoms with Crippen molar-refractivity contribution in [2.24, 2.45) is 0 Å². The van der Waals surface area contributed by atoms with Crippen LogP contribution in [0.1, 0.15) is 129 Å². The van der Waals surface area contributed by atoms with Crippen molar-refractivity contribution in [1.82, 2.24) is 5.32 Å². The fraction of sp³-hybridized carbons (Fsp3) is 0.774. The molecule has 0 heterocycles. The number of hydrogen-bond acceptors (Lipinski definition) is 5. The zero-order valence-electron chi connectivity index (χ0n) is 23.7. The fourth-order valence-corrected chi connectivity index (χ4v) is 4.41. The number of rotatable bonds is 23. The van der Waals surface area contributed by atoms with E-state index in [-0.39, 0.29) is 12.6 Å². The molecule has 36 heavy (non-hydrogen) atoms. The van der Waals surface area contributed by atoms with Gasteiger partial charge in [0.2, 0.25) is 0 Å². The van der Waals surface area contributed by atoms with Gasteiger partial charge in [0, 0.05) is 19.0 Å². The van der Waals surface area contributed by atoms with Crippen LogP contribution in [0.4, 0.5) is 0 Å². The minimum absolute atomic E-state index is 0.127. The number of carbonyl (C=O) groups is 1. The number of aliphatic hydroxyl groups is 1. The molecule has 0 aliphatic carbocycles. The molecule has 0 fully saturated rings. The van der Waals surface area contributed by atoms with Crippen molar-refractivity contribution in [3.63, 3.8) is 0 Å². The van der Waals surface area contributed by atoms with Crippen LogP contribution < -0.4 is 10.1 Å². The number of aliphatic hydroxyl groups excluding tert-OH is 1. The largest absolute Gasteiger partial charge is 0.491 e. The van der Waals surface area contributed by atoms with Crippen molar-refractivity contribution in [2.45, 2.75) is 136 Å². The third-order valence-electron chi connectivity index (χ3n) is 6.73. The number of benzene rings is 1. The van der Waals surface area contributed by atoms with Gasteiger partial charge in [-0.3, -0.25) is 4.79 Å². The van der Waals surface area contributed by atoms with Crippen LogP contribution >= 0.6 is 0 Å². The number of nitrogens with one attached hydrogen (secondary N) is 1. The second kappa shape index (κ2) is 21.5. The molecule has 0 saturated heterocycles. The van der Waals surface area contributed by atoms with Crippen molar-refractivity contribution in [1.29, 1.82) is 0 Å². The van der Waals surface area contributed by atoms with E-state index in [1.807, 2.05) is 19.1 Å². The van der Waals surface area contributed by atoms with Crippen LogP contribution in [-0.2, 0) is 9.53 Å². The maximum Gasteiger partial charge on any atom is 0.305 e. The molecule has 1 aromatic carbocycles. The standard InChI is InChI=1S/C31H55NO4/c1-5-7-8-9-10-11-12-13-14-15-16-17-27(22-23-35-31(34)6-2)28-18-20-30(21-19-28)36-25-29(33)24-32-26(3)4/h18-21,26-27,29,32-33H,5-17,22-25H2,1-4H3. The summed E-state index contributed by atoms with van der Waals surface area (Å²) in [6, 6.07) is 8.57. The molecule has 0 bridgehead atoms. The van der Waals surface area contributed by atoms with Crippen molar-refractivity contribution in [3.8, 4) is 5.75 Å². The highest BCUT2D eigenvalue weighted by Gasteiger charge is 2.13. The lowest BCUT2D eigenvalue weighted by molar-refractivity contribution is -0.143. The van der Waals surface area contributed by atoms with Gasteiger partial charge >= 0.3 is 5.97 Å². The first-order chi connectivity index (χ1) is 17.5. The monoisotopic (exact) mass is 505 g/mol. The van der Waals surface area contributed by atoms with Crippen LogP contribution in [-0.4, -0.2) is 43.0 Å². The van der Waals surface area contributed by atoms with E-state index in [0.29, 0.717) is 31.5 Å². The van der Waals surface area contributed by atoms with Gasteiger partial charge in [-0.15, -0.1) is 0 Å². The number of unbranched alkanes of at least 4 members (excludes halogenated alkanes) is 10. The molecular weight excluding hydrogens is 450 g/mol. The molecule has 0 spiro atoms. The van der Waals surface area contributed by atoms with E-state index in [9.17, 15) is 9.90 Å². The summed E-state index contributed by atoms with van der Waals surface area (Å²) >= 11 is 0. The Labute approximate surface area is 221 Å². The summed E-state index contributed by atoms with van der Waals surface area (Å²) in [4.78, 5) is 11.6. The highest BCUT2D eigenvalue weighted by atomic mass is 16.5. The molecule has 0 aliphatic heterocycles. The van der Waals surface area contributed by atoms with Crippen molar-refractivity contribution < 1.29 is 19.4 Å². The number of hydrogen-bond donors (Lipinski definition) is 2. The van der Waals surface area contributed by atoms with Crippen LogP contribution in [0.15, 0.2) is 24.3 Å². The summed E-state index contributed by atoms with van der Waals surface area (Å²) in [5.74, 6) is 1.02. The van der Waals surface area contributed by atoms with Crippen molar-refractivity contribution in [2.75, 3.05) is 19.8 Å². The van der Waals surface area contributed by atoms with Gasteiger partial charge in [-0.1, -0.05) is 110 Å². The Morgan fingerprint density at radius 1 is 0.861 bits per heavy atom. The van der Waals surface area contributed by atoms with E-state index in [1.165, 1.54) is 76.2 Å². The van der Waals surface area contributed by atoms with Crippen LogP contribution in [0.5, 0.6) is 5.75 Å². The summed E-state index contributed by atoms with van der Waals surface area (Å²) < 4.78 is 11.2. The Hall–Kier alpha value is -1.59. The number of carbonyl (C=O) groups excluding carboxylic acids is 1. The topological polar surface area (TPSA) is 67.8 Å². The van der Waals surface area contributed by atoms with Gasteiger partial charge in [0.15, 0.2) is 0 Å². The van der Waals surface area contributed by atoms with Gasteiger partial charge in [-0.05, 0) is 36.5 Å². The lowest BCUT2D eigenvalue weighted by Crippen LogP contribution is -2.35. The van der Waals surface area contributed by atoms with Crippen molar-refractivity contribution in [3.05, 3.63) is 29.8 Å². The normalized spacial score (nSPS) is 13.1. The minimum atomic E-state index is -0.533. The van der Waals surface area contributed by atoms with Gasteiger partial charge in [0.1, 0.15) is 18.5 Å². The predicted octanol–water partition coefficient (Wildman–Crippen LogP) is 7.55. The molecule has 1 aromatic rings. The first-order valence-electron chi connectivity index (χ1n) is 14.8. The van der Waals surface area contributed by atoms with Crippen LogP contribution in [0.3, 0.4) is 0 Å². The first kappa shape index (κ1) is 32.4. The molecule has 0 aliphatic rings. The van der Waals surface area contributed by atoms with Gasteiger partial charge in [0.05, 0.1) is 6.61 Å². The van der Waals surface area contributed by atoms with Gasteiger partial charge in [0.25, 0.3) is 0 Å². The van der Waals surface area contributed by atoms with Crippen molar-refractivity contribution >= 4 is 5.97 Å². The smallest absolute Gasteiger partial charge is 0.305 e. The third-order valence-corrected chi connectivity index (χ3v) is 6.73. The van der Waals surface area contributed by atoms with E-state index in [0.717, 1.165) is 18.6 Å². The average molecular weight is 506 g/mol. The van der Waals surface area contributed by atoms with Gasteiger partial charge < -0.3 is 19.9 Å². The quantitative estimate of drug-likeness (QED) is 0.119. The van der Waals surface area contributed by atoms with E-state index >= 15 is 0 Å². The second-order valence-corrected chi connectivity index (χ2v) is 10.5. The molecule has 1 rings (SSSR count).